The number of unbranched alkanes of at least 4 members (excludes halogenated alkanes) is 1. The summed E-state index contributed by atoms with van der Waals surface area (Å²) in [7, 11) is 1.66. The third-order valence-electron chi connectivity index (χ3n) is 2.60. The number of nitrogens with zero attached hydrogens (tertiary/aromatic N) is 1. The first-order valence-electron chi connectivity index (χ1n) is 6.82. The molecule has 1 N–H and O–H groups in total. The van der Waals surface area contributed by atoms with E-state index in [1.54, 1.807) is 7.11 Å². The molecule has 0 aromatic carbocycles. The summed E-state index contributed by atoms with van der Waals surface area (Å²) >= 11 is 0. The summed E-state index contributed by atoms with van der Waals surface area (Å²) in [4.78, 5) is 2.23. The smallest absolute Gasteiger partial charge is 0.0701 e. The summed E-state index contributed by atoms with van der Waals surface area (Å²) < 4.78 is 15.6. The lowest BCUT2D eigenvalue weighted by atomic mass is 10.3. The molecule has 110 valence electrons. The fraction of sp³-hybridized carbons (Fsp3) is 1.00. The average molecular weight is 263 g/mol. The van der Waals surface area contributed by atoms with Gasteiger partial charge in [-0.2, -0.15) is 0 Å². The summed E-state index contributed by atoms with van der Waals surface area (Å²) in [5, 5.41) is 8.94. The van der Waals surface area contributed by atoms with Gasteiger partial charge in [-0.15, -0.1) is 0 Å². The minimum atomic E-state index is 0.212. The third-order valence-corrected chi connectivity index (χ3v) is 2.60. The van der Waals surface area contributed by atoms with Gasteiger partial charge in [0.25, 0.3) is 0 Å². The van der Waals surface area contributed by atoms with Crippen LogP contribution in [0.5, 0.6) is 0 Å². The van der Waals surface area contributed by atoms with Gasteiger partial charge in [-0.05, 0) is 13.0 Å². The maximum Gasteiger partial charge on any atom is 0.0701 e. The van der Waals surface area contributed by atoms with Crippen LogP contribution >= 0.6 is 0 Å². The van der Waals surface area contributed by atoms with Crippen LogP contribution < -0.4 is 0 Å². The fourth-order valence-corrected chi connectivity index (χ4v) is 1.52. The Balaban J connectivity index is 3.31. The molecule has 0 heterocycles. The van der Waals surface area contributed by atoms with Crippen LogP contribution in [0.25, 0.3) is 0 Å². The van der Waals surface area contributed by atoms with Crippen molar-refractivity contribution in [3.8, 4) is 0 Å². The lowest BCUT2D eigenvalue weighted by Crippen LogP contribution is -2.31. The molecule has 0 saturated carbocycles. The Morgan fingerprint density at radius 2 is 1.56 bits per heavy atom. The number of methoxy groups -OCH3 is 1. The van der Waals surface area contributed by atoms with E-state index in [2.05, 4.69) is 11.8 Å². The van der Waals surface area contributed by atoms with Crippen LogP contribution in [0.15, 0.2) is 0 Å². The van der Waals surface area contributed by atoms with Crippen molar-refractivity contribution >= 4 is 0 Å². The van der Waals surface area contributed by atoms with E-state index < -0.39 is 0 Å². The monoisotopic (exact) mass is 263 g/mol. The SMILES string of the molecule is CCCCN(CCO)CCOCCOCCOC. The molecule has 0 fully saturated rings. The second-order valence-corrected chi connectivity index (χ2v) is 4.14. The number of aliphatic hydroxyl groups is 1. The Hall–Kier alpha value is -0.200. The van der Waals surface area contributed by atoms with Crippen LogP contribution in [0.1, 0.15) is 19.8 Å². The van der Waals surface area contributed by atoms with Crippen molar-refractivity contribution < 1.29 is 19.3 Å². The summed E-state index contributed by atoms with van der Waals surface area (Å²) in [5.41, 5.74) is 0. The van der Waals surface area contributed by atoms with E-state index in [1.165, 1.54) is 12.8 Å². The summed E-state index contributed by atoms with van der Waals surface area (Å²) in [6, 6.07) is 0. The maximum absolute atomic E-state index is 8.94. The van der Waals surface area contributed by atoms with E-state index in [-0.39, 0.29) is 6.61 Å². The standard InChI is InChI=1S/C13H29NO4/c1-3-4-5-14(6-8-15)7-9-17-12-13-18-11-10-16-2/h15H,3-13H2,1-2H3. The zero-order valence-corrected chi connectivity index (χ0v) is 11.9. The van der Waals surface area contributed by atoms with Gasteiger partial charge in [-0.3, -0.25) is 4.90 Å². The molecule has 0 amide bonds. The summed E-state index contributed by atoms with van der Waals surface area (Å²) in [5.74, 6) is 0. The van der Waals surface area contributed by atoms with Crippen LogP contribution in [-0.4, -0.2) is 76.4 Å². The summed E-state index contributed by atoms with van der Waals surface area (Å²) in [6.45, 7) is 8.18. The maximum atomic E-state index is 8.94. The summed E-state index contributed by atoms with van der Waals surface area (Å²) in [6.07, 6.45) is 2.34. The molecule has 0 bridgehead atoms. The molecular weight excluding hydrogens is 234 g/mol. The zero-order valence-electron chi connectivity index (χ0n) is 11.9. The van der Waals surface area contributed by atoms with Crippen molar-refractivity contribution in [3.05, 3.63) is 0 Å². The predicted octanol–water partition coefficient (Wildman–Crippen LogP) is 0.760. The molecule has 18 heavy (non-hydrogen) atoms. The first-order chi connectivity index (χ1) is 8.85. The van der Waals surface area contributed by atoms with Crippen molar-refractivity contribution in [1.82, 2.24) is 4.90 Å². The number of hydrogen-bond acceptors (Lipinski definition) is 5. The molecule has 0 aromatic rings. The number of ether oxygens (including phenoxy) is 3. The average Bonchev–Trinajstić information content (AvgIpc) is 2.39. The quantitative estimate of drug-likeness (QED) is 0.469. The lowest BCUT2D eigenvalue weighted by Gasteiger charge is -2.20. The first-order valence-corrected chi connectivity index (χ1v) is 6.82. The highest BCUT2D eigenvalue weighted by molar-refractivity contribution is 4.56. The fourth-order valence-electron chi connectivity index (χ4n) is 1.52. The number of hydrogen-bond donors (Lipinski definition) is 1. The molecule has 0 saturated heterocycles. The molecule has 5 nitrogen and oxygen atoms in total. The van der Waals surface area contributed by atoms with Crippen molar-refractivity contribution in [3.63, 3.8) is 0 Å². The highest BCUT2D eigenvalue weighted by Crippen LogP contribution is 1.94. The number of aliphatic hydroxyl groups excluding tert-OH is 1. The molecule has 0 aliphatic rings. The second kappa shape index (κ2) is 14.9. The molecular formula is C13H29NO4. The van der Waals surface area contributed by atoms with Crippen LogP contribution in [0.4, 0.5) is 0 Å². The predicted molar refractivity (Wildman–Crippen MR) is 71.9 cm³/mol. The van der Waals surface area contributed by atoms with Gasteiger partial charge in [0.05, 0.1) is 39.6 Å². The van der Waals surface area contributed by atoms with Crippen LogP contribution in [0.2, 0.25) is 0 Å². The van der Waals surface area contributed by atoms with E-state index in [0.717, 1.165) is 19.6 Å². The third kappa shape index (κ3) is 12.3. The van der Waals surface area contributed by atoms with Gasteiger partial charge in [0.2, 0.25) is 0 Å². The van der Waals surface area contributed by atoms with Crippen LogP contribution in [0, 0.1) is 0 Å². The highest BCUT2D eigenvalue weighted by Gasteiger charge is 2.02. The number of rotatable bonds is 14. The van der Waals surface area contributed by atoms with E-state index in [4.69, 9.17) is 19.3 Å². The van der Waals surface area contributed by atoms with Gasteiger partial charge < -0.3 is 19.3 Å². The van der Waals surface area contributed by atoms with Crippen molar-refractivity contribution in [2.24, 2.45) is 0 Å². The Bertz CT molecular complexity index is 158. The Morgan fingerprint density at radius 3 is 2.17 bits per heavy atom. The van der Waals surface area contributed by atoms with E-state index in [9.17, 15) is 0 Å². The molecule has 0 aliphatic carbocycles. The Kier molecular flexibility index (Phi) is 14.7. The van der Waals surface area contributed by atoms with Gasteiger partial charge in [-0.1, -0.05) is 13.3 Å². The van der Waals surface area contributed by atoms with E-state index in [0.29, 0.717) is 33.0 Å². The lowest BCUT2D eigenvalue weighted by molar-refractivity contribution is 0.0185. The van der Waals surface area contributed by atoms with Crippen molar-refractivity contribution in [2.45, 2.75) is 19.8 Å². The first kappa shape index (κ1) is 17.8. The van der Waals surface area contributed by atoms with Gasteiger partial charge in [0, 0.05) is 20.2 Å². The molecule has 5 heteroatoms. The van der Waals surface area contributed by atoms with E-state index in [1.807, 2.05) is 0 Å². The second-order valence-electron chi connectivity index (χ2n) is 4.14. The van der Waals surface area contributed by atoms with E-state index >= 15 is 0 Å². The van der Waals surface area contributed by atoms with Gasteiger partial charge in [-0.25, -0.2) is 0 Å². The molecule has 0 unspecified atom stereocenters. The van der Waals surface area contributed by atoms with Crippen molar-refractivity contribution in [1.29, 1.82) is 0 Å². The normalized spacial score (nSPS) is 11.3. The van der Waals surface area contributed by atoms with Gasteiger partial charge in [0.1, 0.15) is 0 Å². The molecule has 0 rings (SSSR count). The van der Waals surface area contributed by atoms with Gasteiger partial charge in [0.15, 0.2) is 0 Å². The Morgan fingerprint density at radius 1 is 0.889 bits per heavy atom. The zero-order chi connectivity index (χ0) is 13.5. The largest absolute Gasteiger partial charge is 0.395 e. The Labute approximate surface area is 111 Å². The molecule has 0 aromatic heterocycles. The van der Waals surface area contributed by atoms with Gasteiger partial charge >= 0.3 is 0 Å². The van der Waals surface area contributed by atoms with Crippen LogP contribution in [0.3, 0.4) is 0 Å². The molecule has 0 atom stereocenters. The minimum absolute atomic E-state index is 0.212. The highest BCUT2D eigenvalue weighted by atomic mass is 16.5. The molecule has 0 radical (unpaired) electrons. The van der Waals surface area contributed by atoms with Crippen molar-refractivity contribution in [2.75, 3.05) is 66.4 Å². The molecule has 0 aliphatic heterocycles. The molecule has 0 spiro atoms. The minimum Gasteiger partial charge on any atom is -0.395 e. The van der Waals surface area contributed by atoms with Crippen LogP contribution in [-0.2, 0) is 14.2 Å². The topological polar surface area (TPSA) is 51.2 Å².